The minimum absolute atomic E-state index is 0.0611. The number of alkyl halides is 1. The van der Waals surface area contributed by atoms with Gasteiger partial charge in [-0.2, -0.15) is 0 Å². The highest BCUT2D eigenvalue weighted by Gasteiger charge is 2.34. The van der Waals surface area contributed by atoms with Gasteiger partial charge in [-0.25, -0.2) is 9.18 Å². The van der Waals surface area contributed by atoms with Gasteiger partial charge in [0, 0.05) is 34.6 Å². The van der Waals surface area contributed by atoms with E-state index in [0.717, 1.165) is 5.56 Å². The average molecular weight is 534 g/mol. The van der Waals surface area contributed by atoms with Crippen LogP contribution in [0.5, 0.6) is 5.75 Å². The number of rotatable bonds is 10. The van der Waals surface area contributed by atoms with Gasteiger partial charge < -0.3 is 24.4 Å². The van der Waals surface area contributed by atoms with Crippen molar-refractivity contribution in [2.24, 2.45) is 5.92 Å². The molecular formula is C21H28FIN2O5. The third-order valence-electron chi connectivity index (χ3n) is 4.69. The van der Waals surface area contributed by atoms with E-state index in [0.29, 0.717) is 32.1 Å². The van der Waals surface area contributed by atoms with Crippen molar-refractivity contribution in [3.8, 4) is 5.75 Å². The number of nitrogens with zero attached hydrogens (tertiary/aromatic N) is 1. The molecule has 1 saturated heterocycles. The summed E-state index contributed by atoms with van der Waals surface area (Å²) in [6.45, 7) is 9.46. The van der Waals surface area contributed by atoms with Crippen molar-refractivity contribution < 1.29 is 28.2 Å². The summed E-state index contributed by atoms with van der Waals surface area (Å²) in [5.74, 6) is 0.0631. The fraction of sp³-hybridized carbons (Fsp3) is 0.524. The summed E-state index contributed by atoms with van der Waals surface area (Å²) in [6.07, 6.45) is 0.373. The first kappa shape index (κ1) is 24.4. The largest absolute Gasteiger partial charge is 0.491 e. The van der Waals surface area contributed by atoms with Crippen LogP contribution in [0.4, 0.5) is 9.18 Å². The topological polar surface area (TPSA) is 77.1 Å². The Balaban J connectivity index is 1.60. The Hall–Kier alpha value is -1.88. The molecule has 3 atom stereocenters. The van der Waals surface area contributed by atoms with Gasteiger partial charge in [-0.1, -0.05) is 42.2 Å². The molecule has 0 aromatic heterocycles. The summed E-state index contributed by atoms with van der Waals surface area (Å²) < 4.78 is 30.1. The van der Waals surface area contributed by atoms with Crippen molar-refractivity contribution >= 4 is 34.6 Å². The summed E-state index contributed by atoms with van der Waals surface area (Å²) in [6, 6.07) is 4.51. The highest BCUT2D eigenvalue weighted by molar-refractivity contribution is 14.1. The Morgan fingerprint density at radius 3 is 2.83 bits per heavy atom. The molecule has 1 fully saturated rings. The van der Waals surface area contributed by atoms with E-state index in [1.807, 2.05) is 13.8 Å². The van der Waals surface area contributed by atoms with Gasteiger partial charge in [-0.3, -0.25) is 4.79 Å². The Labute approximate surface area is 190 Å². The smallest absolute Gasteiger partial charge is 0.407 e. The minimum Gasteiger partial charge on any atom is -0.491 e. The number of hydrogen-bond acceptors (Lipinski definition) is 5. The Morgan fingerprint density at radius 1 is 1.37 bits per heavy atom. The lowest BCUT2D eigenvalue weighted by atomic mass is 10.1. The fourth-order valence-corrected chi connectivity index (χ4v) is 3.59. The van der Waals surface area contributed by atoms with Gasteiger partial charge in [0.05, 0.1) is 19.8 Å². The molecule has 1 aliphatic heterocycles. The van der Waals surface area contributed by atoms with E-state index in [2.05, 4.69) is 34.5 Å². The van der Waals surface area contributed by atoms with Crippen LogP contribution in [0.25, 0.3) is 0 Å². The van der Waals surface area contributed by atoms with Crippen LogP contribution in [0.3, 0.4) is 0 Å². The van der Waals surface area contributed by atoms with E-state index < -0.39 is 6.09 Å². The van der Waals surface area contributed by atoms with E-state index >= 15 is 0 Å². The van der Waals surface area contributed by atoms with Gasteiger partial charge in [0.2, 0.25) is 5.91 Å². The monoisotopic (exact) mass is 534 g/mol. The molecule has 2 amide bonds. The highest BCUT2D eigenvalue weighted by atomic mass is 127. The summed E-state index contributed by atoms with van der Waals surface area (Å²) >= 11 is 2.25. The number of amides is 2. The predicted octanol–water partition coefficient (Wildman–Crippen LogP) is 3.48. The van der Waals surface area contributed by atoms with Crippen LogP contribution in [0.15, 0.2) is 30.9 Å². The predicted molar refractivity (Wildman–Crippen MR) is 119 cm³/mol. The van der Waals surface area contributed by atoms with E-state index in [9.17, 15) is 14.0 Å². The van der Waals surface area contributed by atoms with Gasteiger partial charge in [-0.15, -0.1) is 0 Å². The van der Waals surface area contributed by atoms with Gasteiger partial charge in [0.15, 0.2) is 0 Å². The molecule has 30 heavy (non-hydrogen) atoms. The zero-order valence-electron chi connectivity index (χ0n) is 17.2. The molecule has 1 aliphatic rings. The van der Waals surface area contributed by atoms with Crippen LogP contribution >= 0.6 is 22.6 Å². The van der Waals surface area contributed by atoms with E-state index in [-0.39, 0.29) is 40.8 Å². The van der Waals surface area contributed by atoms with Crippen LogP contribution in [0.2, 0.25) is 0 Å². The number of carbonyl (C=O) groups is 2. The van der Waals surface area contributed by atoms with Crippen molar-refractivity contribution in [2.45, 2.75) is 23.9 Å². The molecule has 1 unspecified atom stereocenters. The molecule has 0 radical (unpaired) electrons. The number of ether oxygens (including phenoxy) is 3. The summed E-state index contributed by atoms with van der Waals surface area (Å²) in [7, 11) is 0. The van der Waals surface area contributed by atoms with Crippen LogP contribution < -0.4 is 10.1 Å². The second kappa shape index (κ2) is 12.1. The third kappa shape index (κ3) is 7.42. The lowest BCUT2D eigenvalue weighted by Gasteiger charge is -2.16. The summed E-state index contributed by atoms with van der Waals surface area (Å²) in [4.78, 5) is 25.2. The first-order chi connectivity index (χ1) is 14.3. The summed E-state index contributed by atoms with van der Waals surface area (Å²) in [5.41, 5.74) is 0.927. The second-order valence-electron chi connectivity index (χ2n) is 7.05. The first-order valence-electron chi connectivity index (χ1n) is 9.81. The maximum atomic E-state index is 13.4. The van der Waals surface area contributed by atoms with Crippen LogP contribution in [0, 0.1) is 11.7 Å². The van der Waals surface area contributed by atoms with Gasteiger partial charge in [0.1, 0.15) is 24.3 Å². The number of halogens is 2. The van der Waals surface area contributed by atoms with E-state index in [1.54, 1.807) is 11.0 Å². The minimum atomic E-state index is -0.542. The quantitative estimate of drug-likeness (QED) is 0.215. The van der Waals surface area contributed by atoms with Crippen molar-refractivity contribution in [3.63, 3.8) is 0 Å². The Bertz CT molecular complexity index is 746. The maximum Gasteiger partial charge on any atom is 0.407 e. The van der Waals surface area contributed by atoms with Crippen molar-refractivity contribution in [2.75, 3.05) is 39.5 Å². The Kier molecular flexibility index (Phi) is 9.83. The number of likely N-dealkylation sites (tertiary alicyclic amines) is 1. The summed E-state index contributed by atoms with van der Waals surface area (Å²) in [5, 5.41) is 2.63. The van der Waals surface area contributed by atoms with Gasteiger partial charge in [-0.05, 0) is 19.1 Å². The number of alkyl carbamates (subject to hydrolysis) is 1. The van der Waals surface area contributed by atoms with Gasteiger partial charge in [0.25, 0.3) is 0 Å². The van der Waals surface area contributed by atoms with Gasteiger partial charge >= 0.3 is 6.09 Å². The maximum absolute atomic E-state index is 13.4. The zero-order chi connectivity index (χ0) is 22.1. The first-order valence-corrected chi connectivity index (χ1v) is 11.1. The number of nitrogens with one attached hydrogen (secondary N) is 1. The fourth-order valence-electron chi connectivity index (χ4n) is 3.08. The van der Waals surface area contributed by atoms with Crippen LogP contribution in [-0.4, -0.2) is 62.5 Å². The molecule has 0 saturated carbocycles. The third-order valence-corrected chi connectivity index (χ3v) is 5.36. The molecule has 1 N–H and O–H groups in total. The molecule has 0 bridgehead atoms. The lowest BCUT2D eigenvalue weighted by molar-refractivity contribution is -0.125. The van der Waals surface area contributed by atoms with Crippen LogP contribution in [-0.2, 0) is 14.3 Å². The number of benzene rings is 1. The zero-order valence-corrected chi connectivity index (χ0v) is 19.4. The molecule has 0 aliphatic carbocycles. The van der Waals surface area contributed by atoms with E-state index in [1.165, 1.54) is 18.2 Å². The van der Waals surface area contributed by atoms with Crippen molar-refractivity contribution in [3.05, 3.63) is 42.2 Å². The van der Waals surface area contributed by atoms with Crippen molar-refractivity contribution in [1.29, 1.82) is 0 Å². The molecular weight excluding hydrogens is 506 g/mol. The lowest BCUT2D eigenvalue weighted by Crippen LogP contribution is -2.35. The molecule has 1 aromatic carbocycles. The molecule has 9 heteroatoms. The van der Waals surface area contributed by atoms with E-state index in [4.69, 9.17) is 14.2 Å². The Morgan fingerprint density at radius 2 is 2.13 bits per heavy atom. The average Bonchev–Trinajstić information content (AvgIpc) is 3.06. The number of carbonyl (C=O) groups excluding carboxylic acids is 2. The molecule has 7 nitrogen and oxygen atoms in total. The molecule has 1 heterocycles. The number of hydrogen-bond donors (Lipinski definition) is 1. The molecule has 1 aromatic rings. The molecule has 166 valence electrons. The highest BCUT2D eigenvalue weighted by Crippen LogP contribution is 2.31. The van der Waals surface area contributed by atoms with Crippen molar-refractivity contribution in [1.82, 2.24) is 10.2 Å². The SMILES string of the molecule is C=CC(=O)N1C[C@@H](C)[C@H](OC(=O)NCCOCCOc2cc(F)ccc2C(C)I)C1. The van der Waals surface area contributed by atoms with Crippen LogP contribution in [0.1, 0.15) is 23.3 Å². The molecule has 0 spiro atoms. The second-order valence-corrected chi connectivity index (χ2v) is 8.92. The molecule has 2 rings (SSSR count). The normalized spacial score (nSPS) is 19.3. The standard InChI is InChI=1S/C21H28FIN2O5/c1-4-20(26)25-12-14(2)19(13-25)30-21(27)24-7-8-28-9-10-29-18-11-16(22)5-6-17(18)15(3)23/h4-6,11,14-15,19H,1,7-10,12-13H2,2-3H3,(H,24,27)/t14-,15?,19-/m1/s1.